The van der Waals surface area contributed by atoms with Gasteiger partial charge < -0.3 is 24.6 Å². The summed E-state index contributed by atoms with van der Waals surface area (Å²) in [6.45, 7) is 3.56. The Hall–Kier alpha value is -1.67. The van der Waals surface area contributed by atoms with E-state index in [0.29, 0.717) is 0 Å². The summed E-state index contributed by atoms with van der Waals surface area (Å²) in [7, 11) is 0. The number of carbonyl (C=O) groups excluding carboxylic acids is 3. The Bertz CT molecular complexity index is 370. The fourth-order valence-corrected chi connectivity index (χ4v) is 1.83. The first-order valence-corrected chi connectivity index (χ1v) is 5.72. The molecule has 8 heteroatoms. The normalized spacial score (nSPS) is 30.3. The molecular weight excluding hydrogens is 258 g/mol. The van der Waals surface area contributed by atoms with Crippen molar-refractivity contribution in [2.45, 2.75) is 45.3 Å². The van der Waals surface area contributed by atoms with Crippen molar-refractivity contribution >= 4 is 17.8 Å². The maximum atomic E-state index is 11.1. The van der Waals surface area contributed by atoms with Crippen LogP contribution in [-0.2, 0) is 28.6 Å². The molecule has 1 amide bonds. The van der Waals surface area contributed by atoms with Gasteiger partial charge in [0.05, 0.1) is 12.6 Å². The molecule has 1 aliphatic heterocycles. The molecule has 0 radical (unpaired) electrons. The standard InChI is InChI=1S/C11H17NO7/c1-5(13)12-8-4-17-11(16)10(19-7(3)15)9(8)18-6(2)14/h8-11,16H,4H2,1-3H3,(H,12,13)/t8-,9-,10-,11-/m1/s1. The Kier molecular flexibility index (Phi) is 5.25. The van der Waals surface area contributed by atoms with Crippen molar-refractivity contribution in [3.05, 3.63) is 0 Å². The van der Waals surface area contributed by atoms with Gasteiger partial charge in [-0.3, -0.25) is 14.4 Å². The van der Waals surface area contributed by atoms with Gasteiger partial charge in [0.25, 0.3) is 0 Å². The van der Waals surface area contributed by atoms with Crippen LogP contribution >= 0.6 is 0 Å². The maximum Gasteiger partial charge on any atom is 0.303 e. The molecule has 0 spiro atoms. The molecule has 0 aromatic heterocycles. The Morgan fingerprint density at radius 1 is 1.11 bits per heavy atom. The van der Waals surface area contributed by atoms with Gasteiger partial charge in [-0.05, 0) is 0 Å². The van der Waals surface area contributed by atoms with Crippen LogP contribution in [0.4, 0.5) is 0 Å². The van der Waals surface area contributed by atoms with Crippen molar-refractivity contribution in [3.63, 3.8) is 0 Å². The number of nitrogens with one attached hydrogen (secondary N) is 1. The minimum Gasteiger partial charge on any atom is -0.456 e. The van der Waals surface area contributed by atoms with Crippen molar-refractivity contribution in [1.82, 2.24) is 5.32 Å². The minimum atomic E-state index is -1.42. The highest BCUT2D eigenvalue weighted by Gasteiger charge is 2.44. The second kappa shape index (κ2) is 6.48. The molecule has 1 saturated heterocycles. The number of carbonyl (C=O) groups is 3. The van der Waals surface area contributed by atoms with Crippen LogP contribution in [0.15, 0.2) is 0 Å². The van der Waals surface area contributed by atoms with E-state index >= 15 is 0 Å². The second-order valence-electron chi connectivity index (χ2n) is 4.18. The first-order valence-electron chi connectivity index (χ1n) is 5.72. The van der Waals surface area contributed by atoms with E-state index in [1.807, 2.05) is 0 Å². The second-order valence-corrected chi connectivity index (χ2v) is 4.18. The molecule has 0 aromatic carbocycles. The Morgan fingerprint density at radius 3 is 2.11 bits per heavy atom. The molecular formula is C11H17NO7. The summed E-state index contributed by atoms with van der Waals surface area (Å²) in [5, 5.41) is 12.2. The van der Waals surface area contributed by atoms with Crippen LogP contribution in [-0.4, -0.2) is 54.1 Å². The highest BCUT2D eigenvalue weighted by molar-refractivity contribution is 5.73. The predicted molar refractivity (Wildman–Crippen MR) is 60.7 cm³/mol. The SMILES string of the molecule is CC(=O)N[C@@H]1CO[C@@H](O)[C@H](OC(C)=O)[C@@H]1OC(C)=O. The molecule has 4 atom stereocenters. The van der Waals surface area contributed by atoms with E-state index in [4.69, 9.17) is 14.2 Å². The molecule has 1 fully saturated rings. The molecule has 19 heavy (non-hydrogen) atoms. The van der Waals surface area contributed by atoms with E-state index in [1.54, 1.807) is 0 Å². The van der Waals surface area contributed by atoms with Gasteiger partial charge in [-0.15, -0.1) is 0 Å². The number of hydrogen-bond donors (Lipinski definition) is 2. The summed E-state index contributed by atoms with van der Waals surface area (Å²) in [4.78, 5) is 33.2. The number of hydrogen-bond acceptors (Lipinski definition) is 7. The van der Waals surface area contributed by atoms with Crippen LogP contribution in [0.3, 0.4) is 0 Å². The number of aliphatic hydroxyl groups is 1. The van der Waals surface area contributed by atoms with Crippen molar-refractivity contribution in [2.24, 2.45) is 0 Å². The molecule has 0 bridgehead atoms. The van der Waals surface area contributed by atoms with Crippen molar-refractivity contribution in [3.8, 4) is 0 Å². The molecule has 1 aliphatic rings. The first kappa shape index (κ1) is 15.4. The number of aliphatic hydroxyl groups excluding tert-OH is 1. The summed E-state index contributed by atoms with van der Waals surface area (Å²) < 4.78 is 14.9. The van der Waals surface area contributed by atoms with E-state index < -0.39 is 36.5 Å². The zero-order chi connectivity index (χ0) is 14.6. The molecule has 0 aromatic rings. The third kappa shape index (κ3) is 4.49. The van der Waals surface area contributed by atoms with Gasteiger partial charge in [0.15, 0.2) is 18.5 Å². The number of rotatable bonds is 3. The third-order valence-electron chi connectivity index (χ3n) is 2.44. The zero-order valence-electron chi connectivity index (χ0n) is 10.9. The summed E-state index contributed by atoms with van der Waals surface area (Å²) in [6, 6.07) is -0.700. The topological polar surface area (TPSA) is 111 Å². The van der Waals surface area contributed by atoms with Gasteiger partial charge in [0, 0.05) is 20.8 Å². The Morgan fingerprint density at radius 2 is 1.63 bits per heavy atom. The van der Waals surface area contributed by atoms with Gasteiger partial charge in [-0.25, -0.2) is 0 Å². The third-order valence-corrected chi connectivity index (χ3v) is 2.44. The van der Waals surface area contributed by atoms with Gasteiger partial charge in [0.2, 0.25) is 5.91 Å². The maximum absolute atomic E-state index is 11.1. The van der Waals surface area contributed by atoms with E-state index in [0.717, 1.165) is 6.92 Å². The summed E-state index contributed by atoms with van der Waals surface area (Å²) >= 11 is 0. The fraction of sp³-hybridized carbons (Fsp3) is 0.727. The lowest BCUT2D eigenvalue weighted by atomic mass is 10.0. The van der Waals surface area contributed by atoms with Gasteiger partial charge >= 0.3 is 11.9 Å². The molecule has 0 saturated carbocycles. The van der Waals surface area contributed by atoms with E-state index in [-0.39, 0.29) is 12.5 Å². The van der Waals surface area contributed by atoms with Crippen molar-refractivity contribution < 1.29 is 33.7 Å². The van der Waals surface area contributed by atoms with E-state index in [9.17, 15) is 19.5 Å². The summed E-state index contributed by atoms with van der Waals surface area (Å²) in [6.07, 6.45) is -3.61. The zero-order valence-corrected chi connectivity index (χ0v) is 10.9. The van der Waals surface area contributed by atoms with Gasteiger partial charge in [-0.1, -0.05) is 0 Å². The highest BCUT2D eigenvalue weighted by Crippen LogP contribution is 2.20. The van der Waals surface area contributed by atoms with Crippen LogP contribution in [0, 0.1) is 0 Å². The average molecular weight is 275 g/mol. The number of ether oxygens (including phenoxy) is 3. The molecule has 2 N–H and O–H groups in total. The molecule has 1 rings (SSSR count). The lowest BCUT2D eigenvalue weighted by Gasteiger charge is -2.39. The summed E-state index contributed by atoms with van der Waals surface area (Å²) in [5.74, 6) is -1.64. The molecule has 0 aliphatic carbocycles. The minimum absolute atomic E-state index is 0.0591. The first-order chi connectivity index (χ1) is 8.81. The molecule has 0 unspecified atom stereocenters. The van der Waals surface area contributed by atoms with Crippen LogP contribution in [0.1, 0.15) is 20.8 Å². The predicted octanol–water partition coefficient (Wildman–Crippen LogP) is -1.30. The smallest absolute Gasteiger partial charge is 0.303 e. The lowest BCUT2D eigenvalue weighted by Crippen LogP contribution is -2.61. The Labute approximate surface area is 110 Å². The van der Waals surface area contributed by atoms with Crippen LogP contribution in [0.2, 0.25) is 0 Å². The summed E-state index contributed by atoms with van der Waals surface area (Å²) in [5.41, 5.74) is 0. The van der Waals surface area contributed by atoms with Gasteiger partial charge in [-0.2, -0.15) is 0 Å². The average Bonchev–Trinajstić information content (AvgIpc) is 2.25. The molecule has 108 valence electrons. The fourth-order valence-electron chi connectivity index (χ4n) is 1.83. The largest absolute Gasteiger partial charge is 0.456 e. The molecule has 1 heterocycles. The van der Waals surface area contributed by atoms with E-state index in [2.05, 4.69) is 5.32 Å². The van der Waals surface area contributed by atoms with Crippen LogP contribution in [0.25, 0.3) is 0 Å². The quantitative estimate of drug-likeness (QED) is 0.616. The number of amides is 1. The monoisotopic (exact) mass is 275 g/mol. The van der Waals surface area contributed by atoms with Gasteiger partial charge in [0.1, 0.15) is 0 Å². The van der Waals surface area contributed by atoms with Crippen molar-refractivity contribution in [1.29, 1.82) is 0 Å². The Balaban J connectivity index is 2.89. The van der Waals surface area contributed by atoms with E-state index in [1.165, 1.54) is 13.8 Å². The number of esters is 2. The molecule has 8 nitrogen and oxygen atoms in total. The van der Waals surface area contributed by atoms with Crippen LogP contribution < -0.4 is 5.32 Å². The van der Waals surface area contributed by atoms with Crippen LogP contribution in [0.5, 0.6) is 0 Å². The van der Waals surface area contributed by atoms with Crippen molar-refractivity contribution in [2.75, 3.05) is 6.61 Å². The lowest BCUT2D eigenvalue weighted by molar-refractivity contribution is -0.245. The highest BCUT2D eigenvalue weighted by atomic mass is 16.7.